The molecule has 0 aromatic carbocycles. The van der Waals surface area contributed by atoms with E-state index in [4.69, 9.17) is 0 Å². The standard InChI is InChI=1S/C12H20N2O3/c15-10(7-12(17)5-1-2-6-12)13-8-11(16)14-9-3-4-9/h9,17H,1-8H2,(H,13,15)(H,14,16). The van der Waals surface area contributed by atoms with Gasteiger partial charge in [0.05, 0.1) is 18.6 Å². The van der Waals surface area contributed by atoms with E-state index in [1.165, 1.54) is 0 Å². The molecule has 0 aromatic rings. The minimum atomic E-state index is -0.836. The fourth-order valence-corrected chi connectivity index (χ4v) is 2.26. The van der Waals surface area contributed by atoms with Gasteiger partial charge in [0.2, 0.25) is 11.8 Å². The smallest absolute Gasteiger partial charge is 0.239 e. The highest BCUT2D eigenvalue weighted by atomic mass is 16.3. The van der Waals surface area contributed by atoms with Gasteiger partial charge in [0.25, 0.3) is 0 Å². The van der Waals surface area contributed by atoms with E-state index < -0.39 is 5.60 Å². The van der Waals surface area contributed by atoms with Gasteiger partial charge in [-0.1, -0.05) is 12.8 Å². The van der Waals surface area contributed by atoms with Gasteiger partial charge in [-0.3, -0.25) is 9.59 Å². The first kappa shape index (κ1) is 12.4. The molecule has 17 heavy (non-hydrogen) atoms. The molecule has 0 unspecified atom stereocenters. The van der Waals surface area contributed by atoms with Crippen LogP contribution in [0.3, 0.4) is 0 Å². The molecule has 0 bridgehead atoms. The fraction of sp³-hybridized carbons (Fsp3) is 0.833. The van der Waals surface area contributed by atoms with Crippen LogP contribution in [-0.4, -0.2) is 35.1 Å². The Kier molecular flexibility index (Phi) is 3.66. The summed E-state index contributed by atoms with van der Waals surface area (Å²) in [4.78, 5) is 22.9. The molecule has 0 saturated heterocycles. The first-order chi connectivity index (χ1) is 8.07. The van der Waals surface area contributed by atoms with Crippen molar-refractivity contribution < 1.29 is 14.7 Å². The lowest BCUT2D eigenvalue weighted by Gasteiger charge is -2.20. The molecule has 2 aliphatic carbocycles. The molecular formula is C12H20N2O3. The third-order valence-corrected chi connectivity index (χ3v) is 3.41. The second-order valence-corrected chi connectivity index (χ2v) is 5.23. The summed E-state index contributed by atoms with van der Waals surface area (Å²) in [6.07, 6.45) is 5.53. The van der Waals surface area contributed by atoms with E-state index >= 15 is 0 Å². The van der Waals surface area contributed by atoms with E-state index in [-0.39, 0.29) is 24.8 Å². The van der Waals surface area contributed by atoms with Gasteiger partial charge in [0.1, 0.15) is 0 Å². The molecule has 2 saturated carbocycles. The number of aliphatic hydroxyl groups is 1. The molecule has 0 spiro atoms. The molecule has 0 atom stereocenters. The van der Waals surface area contributed by atoms with Gasteiger partial charge in [-0.2, -0.15) is 0 Å². The van der Waals surface area contributed by atoms with Gasteiger partial charge in [-0.15, -0.1) is 0 Å². The summed E-state index contributed by atoms with van der Waals surface area (Å²) in [5.74, 6) is -0.375. The molecule has 3 N–H and O–H groups in total. The van der Waals surface area contributed by atoms with Gasteiger partial charge in [-0.25, -0.2) is 0 Å². The number of carbonyl (C=O) groups is 2. The summed E-state index contributed by atoms with van der Waals surface area (Å²) in [5.41, 5.74) is -0.836. The highest BCUT2D eigenvalue weighted by Gasteiger charge is 2.33. The van der Waals surface area contributed by atoms with Crippen LogP contribution in [0.1, 0.15) is 44.9 Å². The lowest BCUT2D eigenvalue weighted by Crippen LogP contribution is -2.40. The lowest BCUT2D eigenvalue weighted by atomic mass is 9.98. The van der Waals surface area contributed by atoms with Crippen LogP contribution in [0.2, 0.25) is 0 Å². The van der Waals surface area contributed by atoms with Crippen LogP contribution in [0.15, 0.2) is 0 Å². The predicted octanol–water partition coefficient (Wildman–Crippen LogP) is 0.0764. The first-order valence-electron chi connectivity index (χ1n) is 6.36. The maximum atomic E-state index is 11.6. The van der Waals surface area contributed by atoms with Crippen molar-refractivity contribution in [3.8, 4) is 0 Å². The molecular weight excluding hydrogens is 220 g/mol. The molecule has 0 aromatic heterocycles. The number of amides is 2. The zero-order chi connectivity index (χ0) is 12.3. The van der Waals surface area contributed by atoms with E-state index in [9.17, 15) is 14.7 Å². The second kappa shape index (κ2) is 5.04. The largest absolute Gasteiger partial charge is 0.389 e. The second-order valence-electron chi connectivity index (χ2n) is 5.23. The Labute approximate surface area is 101 Å². The molecule has 2 rings (SSSR count). The normalized spacial score (nSPS) is 22.2. The van der Waals surface area contributed by atoms with Crippen LogP contribution < -0.4 is 10.6 Å². The Morgan fingerprint density at radius 3 is 2.41 bits per heavy atom. The Hall–Kier alpha value is -1.10. The first-order valence-corrected chi connectivity index (χ1v) is 6.36. The van der Waals surface area contributed by atoms with Gasteiger partial charge < -0.3 is 15.7 Å². The third-order valence-electron chi connectivity index (χ3n) is 3.41. The van der Waals surface area contributed by atoms with Crippen LogP contribution in [0.4, 0.5) is 0 Å². The summed E-state index contributed by atoms with van der Waals surface area (Å²) < 4.78 is 0. The minimum absolute atomic E-state index is 0.0193. The average molecular weight is 240 g/mol. The van der Waals surface area contributed by atoms with E-state index in [1.807, 2.05) is 0 Å². The summed E-state index contributed by atoms with van der Waals surface area (Å²) in [6.45, 7) is 0.0193. The SMILES string of the molecule is O=C(CC1(O)CCCC1)NCC(=O)NC1CC1. The average Bonchev–Trinajstić information content (AvgIpc) is 2.97. The minimum Gasteiger partial charge on any atom is -0.389 e. The maximum Gasteiger partial charge on any atom is 0.239 e. The zero-order valence-corrected chi connectivity index (χ0v) is 10.00. The molecule has 2 aliphatic rings. The van der Waals surface area contributed by atoms with Crippen molar-refractivity contribution in [2.45, 2.75) is 56.6 Å². The topological polar surface area (TPSA) is 78.4 Å². The number of rotatable bonds is 5. The Bertz CT molecular complexity index is 307. The maximum absolute atomic E-state index is 11.6. The van der Waals surface area contributed by atoms with Crippen molar-refractivity contribution in [1.82, 2.24) is 10.6 Å². The van der Waals surface area contributed by atoms with Crippen molar-refractivity contribution >= 4 is 11.8 Å². The predicted molar refractivity (Wildman–Crippen MR) is 62.2 cm³/mol. The van der Waals surface area contributed by atoms with Gasteiger partial charge in [0, 0.05) is 6.04 Å². The Balaban J connectivity index is 1.64. The molecule has 0 radical (unpaired) electrons. The zero-order valence-electron chi connectivity index (χ0n) is 10.00. The summed E-state index contributed by atoms with van der Waals surface area (Å²) in [6, 6.07) is 0.318. The van der Waals surface area contributed by atoms with Gasteiger partial charge in [-0.05, 0) is 25.7 Å². The molecule has 2 fully saturated rings. The number of hydrogen-bond acceptors (Lipinski definition) is 3. The van der Waals surface area contributed by atoms with Crippen LogP contribution in [-0.2, 0) is 9.59 Å². The van der Waals surface area contributed by atoms with Crippen molar-refractivity contribution in [2.75, 3.05) is 6.54 Å². The molecule has 0 aliphatic heterocycles. The third kappa shape index (κ3) is 4.00. The van der Waals surface area contributed by atoms with Crippen LogP contribution in [0, 0.1) is 0 Å². The van der Waals surface area contributed by atoms with Crippen LogP contribution in [0.25, 0.3) is 0 Å². The molecule has 0 heterocycles. The number of hydrogen-bond donors (Lipinski definition) is 3. The number of carbonyl (C=O) groups excluding carboxylic acids is 2. The van der Waals surface area contributed by atoms with Crippen LogP contribution in [0.5, 0.6) is 0 Å². The summed E-state index contributed by atoms with van der Waals surface area (Å²) in [5, 5.41) is 15.4. The molecule has 5 heteroatoms. The van der Waals surface area contributed by atoms with E-state index in [1.54, 1.807) is 0 Å². The molecule has 5 nitrogen and oxygen atoms in total. The number of nitrogens with one attached hydrogen (secondary N) is 2. The highest BCUT2D eigenvalue weighted by molar-refractivity contribution is 5.85. The lowest BCUT2D eigenvalue weighted by molar-refractivity contribution is -0.129. The van der Waals surface area contributed by atoms with Crippen molar-refractivity contribution in [3.05, 3.63) is 0 Å². The highest BCUT2D eigenvalue weighted by Crippen LogP contribution is 2.32. The Morgan fingerprint density at radius 2 is 1.82 bits per heavy atom. The van der Waals surface area contributed by atoms with Crippen molar-refractivity contribution in [2.24, 2.45) is 0 Å². The fourth-order valence-electron chi connectivity index (χ4n) is 2.26. The van der Waals surface area contributed by atoms with Crippen molar-refractivity contribution in [1.29, 1.82) is 0 Å². The van der Waals surface area contributed by atoms with E-state index in [0.29, 0.717) is 18.9 Å². The quantitative estimate of drug-likeness (QED) is 0.636. The Morgan fingerprint density at radius 1 is 1.18 bits per heavy atom. The summed E-state index contributed by atoms with van der Waals surface area (Å²) in [7, 11) is 0. The van der Waals surface area contributed by atoms with Crippen LogP contribution >= 0.6 is 0 Å². The molecule has 2 amide bonds. The monoisotopic (exact) mass is 240 g/mol. The molecule has 96 valence electrons. The van der Waals surface area contributed by atoms with Gasteiger partial charge >= 0.3 is 0 Å². The van der Waals surface area contributed by atoms with E-state index in [0.717, 1.165) is 25.7 Å². The van der Waals surface area contributed by atoms with E-state index in [2.05, 4.69) is 10.6 Å². The van der Waals surface area contributed by atoms with Crippen molar-refractivity contribution in [3.63, 3.8) is 0 Å². The van der Waals surface area contributed by atoms with Gasteiger partial charge in [0.15, 0.2) is 0 Å². The summed E-state index contributed by atoms with van der Waals surface area (Å²) >= 11 is 0.